The van der Waals surface area contributed by atoms with E-state index in [1.807, 2.05) is 0 Å². The van der Waals surface area contributed by atoms with Crippen molar-refractivity contribution in [3.63, 3.8) is 0 Å². The van der Waals surface area contributed by atoms with Crippen LogP contribution in [-0.2, 0) is 14.3 Å². The van der Waals surface area contributed by atoms with Gasteiger partial charge in [0.05, 0.1) is 25.2 Å². The summed E-state index contributed by atoms with van der Waals surface area (Å²) < 4.78 is 5.91. The van der Waals surface area contributed by atoms with Crippen LogP contribution < -0.4 is 5.32 Å². The molecule has 6 nitrogen and oxygen atoms in total. The third kappa shape index (κ3) is 39.7. The van der Waals surface area contributed by atoms with Crippen LogP contribution in [0.15, 0.2) is 0 Å². The summed E-state index contributed by atoms with van der Waals surface area (Å²) in [4.78, 5) is 26.0. The summed E-state index contributed by atoms with van der Waals surface area (Å²) in [6.45, 7) is 6.49. The van der Waals surface area contributed by atoms with Gasteiger partial charge in [-0.1, -0.05) is 245 Å². The molecule has 0 radical (unpaired) electrons. The van der Waals surface area contributed by atoms with Gasteiger partial charge < -0.3 is 20.3 Å². The van der Waals surface area contributed by atoms with E-state index in [1.165, 1.54) is 199 Å². The van der Waals surface area contributed by atoms with Crippen molar-refractivity contribution >= 4 is 11.9 Å². The van der Waals surface area contributed by atoms with Gasteiger partial charge in [0.1, 0.15) is 6.10 Å². The molecule has 334 valence electrons. The number of carbonyl (C=O) groups excluding carboxylic acids is 2. The van der Waals surface area contributed by atoms with Gasteiger partial charge in [-0.3, -0.25) is 9.59 Å². The molecule has 0 bridgehead atoms. The van der Waals surface area contributed by atoms with Gasteiger partial charge in [0.2, 0.25) is 5.91 Å². The second kappa shape index (κ2) is 45.0. The second-order valence-corrected chi connectivity index (χ2v) is 17.6. The Hall–Kier alpha value is -1.14. The molecule has 0 aromatic rings. The molecule has 56 heavy (non-hydrogen) atoms. The number of hydrogen-bond donors (Lipinski definition) is 3. The average Bonchev–Trinajstić information content (AvgIpc) is 3.19. The molecule has 0 aliphatic carbocycles. The van der Waals surface area contributed by atoms with Gasteiger partial charge in [0.15, 0.2) is 0 Å². The highest BCUT2D eigenvalue weighted by molar-refractivity contribution is 5.77. The van der Waals surface area contributed by atoms with Crippen molar-refractivity contribution < 1.29 is 24.5 Å². The van der Waals surface area contributed by atoms with Crippen molar-refractivity contribution in [2.45, 2.75) is 302 Å². The Labute approximate surface area is 349 Å². The lowest BCUT2D eigenvalue weighted by atomic mass is 10.0. The number of nitrogens with one attached hydrogen (secondary N) is 1. The molecule has 0 heterocycles. The smallest absolute Gasteiger partial charge is 0.306 e. The SMILES string of the molecule is CCCCCCCCCCCCCCCCCC(O)C(CO)NC(=O)CC(CCCCCCCCCC)OC(=O)CCCCCCCCCCCCCCCC. The molecule has 0 aliphatic heterocycles. The van der Waals surface area contributed by atoms with Crippen LogP contribution in [0.4, 0.5) is 0 Å². The van der Waals surface area contributed by atoms with Crippen molar-refractivity contribution in [1.82, 2.24) is 5.32 Å². The Morgan fingerprint density at radius 3 is 1.09 bits per heavy atom. The monoisotopic (exact) mass is 794 g/mol. The fourth-order valence-electron chi connectivity index (χ4n) is 8.08. The first-order valence-corrected chi connectivity index (χ1v) is 25.3. The van der Waals surface area contributed by atoms with Gasteiger partial charge in [-0.15, -0.1) is 0 Å². The number of rotatable bonds is 46. The summed E-state index contributed by atoms with van der Waals surface area (Å²) in [5, 5.41) is 23.7. The first-order chi connectivity index (χ1) is 27.5. The van der Waals surface area contributed by atoms with Crippen LogP contribution in [0.25, 0.3) is 0 Å². The number of ether oxygens (including phenoxy) is 1. The lowest BCUT2D eigenvalue weighted by Crippen LogP contribution is -2.46. The van der Waals surface area contributed by atoms with Crippen LogP contribution in [0.5, 0.6) is 0 Å². The van der Waals surface area contributed by atoms with Crippen LogP contribution in [0.1, 0.15) is 284 Å². The van der Waals surface area contributed by atoms with E-state index in [-0.39, 0.29) is 24.9 Å². The molecule has 0 spiro atoms. The maximum absolute atomic E-state index is 13.1. The van der Waals surface area contributed by atoms with Gasteiger partial charge >= 0.3 is 5.97 Å². The Bertz CT molecular complexity index is 806. The summed E-state index contributed by atoms with van der Waals surface area (Å²) in [6.07, 6.45) is 47.4. The molecule has 0 saturated carbocycles. The number of aliphatic hydroxyl groups is 2. The zero-order chi connectivity index (χ0) is 41.0. The van der Waals surface area contributed by atoms with Crippen molar-refractivity contribution in [3.05, 3.63) is 0 Å². The summed E-state index contributed by atoms with van der Waals surface area (Å²) in [5.74, 6) is -0.457. The number of esters is 1. The average molecular weight is 794 g/mol. The number of amides is 1. The molecule has 0 rings (SSSR count). The predicted molar refractivity (Wildman–Crippen MR) is 241 cm³/mol. The lowest BCUT2D eigenvalue weighted by Gasteiger charge is -2.24. The molecule has 3 unspecified atom stereocenters. The van der Waals surface area contributed by atoms with Crippen LogP contribution in [0.3, 0.4) is 0 Å². The normalized spacial score (nSPS) is 13.2. The molecule has 3 N–H and O–H groups in total. The fourth-order valence-corrected chi connectivity index (χ4v) is 8.08. The van der Waals surface area contributed by atoms with Crippen molar-refractivity contribution in [2.24, 2.45) is 0 Å². The highest BCUT2D eigenvalue weighted by Gasteiger charge is 2.24. The summed E-state index contributed by atoms with van der Waals surface area (Å²) >= 11 is 0. The number of hydrogen-bond acceptors (Lipinski definition) is 5. The van der Waals surface area contributed by atoms with Crippen LogP contribution in [0, 0.1) is 0 Å². The van der Waals surface area contributed by atoms with Gasteiger partial charge in [-0.05, 0) is 25.7 Å². The molecule has 1 amide bonds. The minimum absolute atomic E-state index is 0.0865. The Morgan fingerprint density at radius 2 is 0.750 bits per heavy atom. The fraction of sp³-hybridized carbons (Fsp3) is 0.960. The molecule has 0 aliphatic rings. The number of unbranched alkanes of at least 4 members (excludes halogenated alkanes) is 34. The molecule has 0 saturated heterocycles. The van der Waals surface area contributed by atoms with E-state index >= 15 is 0 Å². The standard InChI is InChI=1S/C50H99NO5/c1-4-7-10-13-16-19-21-23-25-26-28-30-33-36-39-42-48(53)47(45-52)51-49(54)44-46(41-38-35-32-18-15-12-9-6-3)56-50(55)43-40-37-34-31-29-27-24-22-20-17-14-11-8-5-2/h46-48,52-53H,4-45H2,1-3H3,(H,51,54). The second-order valence-electron chi connectivity index (χ2n) is 17.6. The first kappa shape index (κ1) is 54.9. The molecule has 0 aromatic heterocycles. The van der Waals surface area contributed by atoms with Gasteiger partial charge in [0, 0.05) is 6.42 Å². The van der Waals surface area contributed by atoms with Crippen LogP contribution >= 0.6 is 0 Å². The van der Waals surface area contributed by atoms with Crippen molar-refractivity contribution in [3.8, 4) is 0 Å². The lowest BCUT2D eigenvalue weighted by molar-refractivity contribution is -0.151. The summed E-state index contributed by atoms with van der Waals surface area (Å²) in [7, 11) is 0. The zero-order valence-electron chi connectivity index (χ0n) is 38.0. The van der Waals surface area contributed by atoms with E-state index in [4.69, 9.17) is 4.74 Å². The van der Waals surface area contributed by atoms with E-state index in [2.05, 4.69) is 26.1 Å². The third-order valence-corrected chi connectivity index (χ3v) is 11.9. The van der Waals surface area contributed by atoms with Crippen molar-refractivity contribution in [2.75, 3.05) is 6.61 Å². The maximum atomic E-state index is 13.1. The zero-order valence-corrected chi connectivity index (χ0v) is 38.0. The Kier molecular flexibility index (Phi) is 44.0. The molecule has 6 heteroatoms. The topological polar surface area (TPSA) is 95.9 Å². The van der Waals surface area contributed by atoms with Crippen LogP contribution in [-0.4, -0.2) is 46.9 Å². The van der Waals surface area contributed by atoms with Gasteiger partial charge in [-0.25, -0.2) is 0 Å². The van der Waals surface area contributed by atoms with E-state index in [1.54, 1.807) is 0 Å². The van der Waals surface area contributed by atoms with E-state index in [0.717, 1.165) is 38.5 Å². The summed E-state index contributed by atoms with van der Waals surface area (Å²) in [5.41, 5.74) is 0. The number of aliphatic hydroxyl groups excluding tert-OH is 2. The molecular weight excluding hydrogens is 695 g/mol. The quantitative estimate of drug-likeness (QED) is 0.0421. The molecular formula is C50H99NO5. The Morgan fingerprint density at radius 1 is 0.446 bits per heavy atom. The molecule has 3 atom stereocenters. The molecule has 0 fully saturated rings. The third-order valence-electron chi connectivity index (χ3n) is 11.9. The minimum atomic E-state index is -0.778. The maximum Gasteiger partial charge on any atom is 0.306 e. The van der Waals surface area contributed by atoms with Crippen molar-refractivity contribution in [1.29, 1.82) is 0 Å². The number of carbonyl (C=O) groups is 2. The minimum Gasteiger partial charge on any atom is -0.462 e. The first-order valence-electron chi connectivity index (χ1n) is 25.3. The van der Waals surface area contributed by atoms with Gasteiger partial charge in [0.25, 0.3) is 0 Å². The van der Waals surface area contributed by atoms with E-state index in [0.29, 0.717) is 19.3 Å². The largest absolute Gasteiger partial charge is 0.462 e. The highest BCUT2D eigenvalue weighted by atomic mass is 16.5. The predicted octanol–water partition coefficient (Wildman–Crippen LogP) is 14.8. The van der Waals surface area contributed by atoms with Crippen LogP contribution in [0.2, 0.25) is 0 Å². The highest BCUT2D eigenvalue weighted by Crippen LogP contribution is 2.18. The Balaban J connectivity index is 4.37. The van der Waals surface area contributed by atoms with E-state index in [9.17, 15) is 19.8 Å². The van der Waals surface area contributed by atoms with Gasteiger partial charge in [-0.2, -0.15) is 0 Å². The summed E-state index contributed by atoms with van der Waals surface area (Å²) in [6, 6.07) is -0.691. The van der Waals surface area contributed by atoms with E-state index < -0.39 is 18.2 Å². The molecule has 0 aromatic carbocycles.